The Kier molecular flexibility index (Phi) is 15.2. The number of anilines is 1. The van der Waals surface area contributed by atoms with Crippen LogP contribution in [0.15, 0.2) is 54.6 Å². The van der Waals surface area contributed by atoms with Crippen molar-refractivity contribution in [2.75, 3.05) is 85.0 Å². The Balaban J connectivity index is 1.25. The maximum absolute atomic E-state index is 11.7. The minimum Gasteiger partial charge on any atom is -0.489 e. The highest BCUT2D eigenvalue weighted by Crippen LogP contribution is 2.19. The van der Waals surface area contributed by atoms with Crippen molar-refractivity contribution in [1.82, 2.24) is 0 Å². The van der Waals surface area contributed by atoms with E-state index in [-0.39, 0.29) is 12.6 Å². The number of nitrogens with two attached hydrogens (primary N) is 1. The monoisotopic (exact) mass is 477 g/mol. The molecule has 2 aromatic carbocycles. The van der Waals surface area contributed by atoms with Crippen LogP contribution in [0.1, 0.15) is 10.4 Å². The second kappa shape index (κ2) is 18.7. The number of carbonyl (C=O) groups is 1. The van der Waals surface area contributed by atoms with Crippen LogP contribution in [-0.4, -0.2) is 85.3 Å². The van der Waals surface area contributed by atoms with Gasteiger partial charge in [0.15, 0.2) is 0 Å². The Morgan fingerprint density at radius 3 is 1.53 bits per heavy atom. The minimum atomic E-state index is -0.353. The van der Waals surface area contributed by atoms with Crippen molar-refractivity contribution in [2.24, 2.45) is 0 Å². The third-order valence-electron chi connectivity index (χ3n) is 4.36. The van der Waals surface area contributed by atoms with Gasteiger partial charge in [0.1, 0.15) is 19.0 Å². The van der Waals surface area contributed by atoms with Gasteiger partial charge in [0, 0.05) is 0 Å². The Morgan fingerprint density at radius 2 is 1.00 bits per heavy atom. The number of benzene rings is 2. The van der Waals surface area contributed by atoms with E-state index in [2.05, 4.69) is 0 Å². The highest BCUT2D eigenvalue weighted by Gasteiger charge is 2.05. The number of nitrogen functional groups attached to an aromatic ring is 1. The van der Waals surface area contributed by atoms with Crippen LogP contribution >= 0.6 is 0 Å². The molecular weight excluding hydrogens is 442 g/mol. The third kappa shape index (κ3) is 13.1. The van der Waals surface area contributed by atoms with Gasteiger partial charge in [-0.25, -0.2) is 4.79 Å². The Morgan fingerprint density at radius 1 is 0.559 bits per heavy atom. The molecule has 2 rings (SSSR count). The van der Waals surface area contributed by atoms with Gasteiger partial charge in [0.2, 0.25) is 0 Å². The largest absolute Gasteiger partial charge is 0.489 e. The van der Waals surface area contributed by atoms with E-state index in [1.807, 2.05) is 24.3 Å². The van der Waals surface area contributed by atoms with Crippen molar-refractivity contribution in [2.45, 2.75) is 0 Å². The van der Waals surface area contributed by atoms with E-state index in [1.165, 1.54) is 0 Å². The molecule has 0 radical (unpaired) electrons. The lowest BCUT2D eigenvalue weighted by Crippen LogP contribution is -2.15. The van der Waals surface area contributed by atoms with Crippen LogP contribution < -0.4 is 10.5 Å². The summed E-state index contributed by atoms with van der Waals surface area (Å²) < 4.78 is 37.8. The highest BCUT2D eigenvalue weighted by atomic mass is 16.6. The molecule has 0 spiro atoms. The first-order valence-corrected chi connectivity index (χ1v) is 11.4. The van der Waals surface area contributed by atoms with Crippen LogP contribution in [0.4, 0.5) is 5.69 Å². The number of esters is 1. The molecular formula is C25H35NO8. The number of hydrogen-bond donors (Lipinski definition) is 1. The van der Waals surface area contributed by atoms with Gasteiger partial charge in [-0.2, -0.15) is 0 Å². The molecule has 0 aliphatic rings. The molecule has 34 heavy (non-hydrogen) atoms. The van der Waals surface area contributed by atoms with E-state index < -0.39 is 0 Å². The Hall–Kier alpha value is -2.69. The van der Waals surface area contributed by atoms with E-state index >= 15 is 0 Å². The molecule has 0 aliphatic carbocycles. The lowest BCUT2D eigenvalue weighted by atomic mass is 10.2. The quantitative estimate of drug-likeness (QED) is 0.175. The SMILES string of the molecule is Nc1ccccc1OCCOCCOCCOCCOCCOCCOC(=O)c1ccccc1. The molecule has 0 aromatic heterocycles. The molecule has 9 nitrogen and oxygen atoms in total. The zero-order valence-electron chi connectivity index (χ0n) is 19.5. The summed E-state index contributed by atoms with van der Waals surface area (Å²) in [4.78, 5) is 11.7. The first-order valence-electron chi connectivity index (χ1n) is 11.4. The summed E-state index contributed by atoms with van der Waals surface area (Å²) in [7, 11) is 0. The number of para-hydroxylation sites is 2. The van der Waals surface area contributed by atoms with Gasteiger partial charge in [-0.05, 0) is 24.3 Å². The van der Waals surface area contributed by atoms with Crippen LogP contribution in [0.2, 0.25) is 0 Å². The predicted molar refractivity (Wildman–Crippen MR) is 127 cm³/mol. The molecule has 0 fully saturated rings. The molecule has 9 heteroatoms. The first-order chi connectivity index (χ1) is 16.8. The van der Waals surface area contributed by atoms with Crippen LogP contribution in [0.25, 0.3) is 0 Å². The van der Waals surface area contributed by atoms with Crippen LogP contribution in [0, 0.1) is 0 Å². The normalized spacial score (nSPS) is 10.8. The van der Waals surface area contributed by atoms with Crippen molar-refractivity contribution in [3.8, 4) is 5.75 Å². The second-order valence-electron chi connectivity index (χ2n) is 6.95. The summed E-state index contributed by atoms with van der Waals surface area (Å²) in [6.45, 7) is 5.22. The zero-order chi connectivity index (χ0) is 24.1. The van der Waals surface area contributed by atoms with Crippen molar-refractivity contribution >= 4 is 11.7 Å². The van der Waals surface area contributed by atoms with E-state index in [9.17, 15) is 4.79 Å². The molecule has 0 aliphatic heterocycles. The lowest BCUT2D eigenvalue weighted by molar-refractivity contribution is -0.0163. The van der Waals surface area contributed by atoms with Gasteiger partial charge in [-0.1, -0.05) is 30.3 Å². The van der Waals surface area contributed by atoms with Crippen LogP contribution in [0.5, 0.6) is 5.75 Å². The number of rotatable bonds is 20. The molecule has 0 bridgehead atoms. The maximum Gasteiger partial charge on any atom is 0.338 e. The summed E-state index contributed by atoms with van der Waals surface area (Å²) >= 11 is 0. The molecule has 0 atom stereocenters. The van der Waals surface area contributed by atoms with Crippen LogP contribution in [0.3, 0.4) is 0 Å². The standard InChI is InChI=1S/C25H35NO8/c26-23-8-4-5-9-24(23)33-20-18-31-16-14-29-12-10-28-11-13-30-15-17-32-19-21-34-25(27)22-6-2-1-3-7-22/h1-9H,10-21,26H2. The van der Waals surface area contributed by atoms with Gasteiger partial charge in [0.05, 0.1) is 77.3 Å². The van der Waals surface area contributed by atoms with Crippen molar-refractivity contribution in [3.63, 3.8) is 0 Å². The topological polar surface area (TPSA) is 108 Å². The van der Waals surface area contributed by atoms with Gasteiger partial charge in [-0.3, -0.25) is 0 Å². The van der Waals surface area contributed by atoms with Crippen molar-refractivity contribution in [1.29, 1.82) is 0 Å². The molecule has 2 aromatic rings. The second-order valence-corrected chi connectivity index (χ2v) is 6.95. The number of hydrogen-bond acceptors (Lipinski definition) is 9. The smallest absolute Gasteiger partial charge is 0.338 e. The Labute approximate surface area is 201 Å². The fraction of sp³-hybridized carbons (Fsp3) is 0.480. The number of carbonyl (C=O) groups excluding carboxylic acids is 1. The summed E-state index contributed by atoms with van der Waals surface area (Å²) in [6, 6.07) is 16.2. The first kappa shape index (κ1) is 27.6. The minimum absolute atomic E-state index is 0.207. The third-order valence-corrected chi connectivity index (χ3v) is 4.36. The van der Waals surface area contributed by atoms with Gasteiger partial charge in [-0.15, -0.1) is 0 Å². The van der Waals surface area contributed by atoms with Crippen molar-refractivity contribution in [3.05, 3.63) is 60.2 Å². The summed E-state index contributed by atoms with van der Waals surface area (Å²) in [5, 5.41) is 0. The van der Waals surface area contributed by atoms with E-state index in [1.54, 1.807) is 30.3 Å². The average molecular weight is 478 g/mol. The summed E-state index contributed by atoms with van der Waals surface area (Å²) in [6.07, 6.45) is 0. The van der Waals surface area contributed by atoms with Gasteiger partial charge in [0.25, 0.3) is 0 Å². The van der Waals surface area contributed by atoms with Gasteiger partial charge >= 0.3 is 5.97 Å². The molecule has 0 heterocycles. The average Bonchev–Trinajstić information content (AvgIpc) is 2.86. The van der Waals surface area contributed by atoms with Crippen LogP contribution in [-0.2, 0) is 28.4 Å². The molecule has 0 saturated carbocycles. The fourth-order valence-corrected chi connectivity index (χ4v) is 2.66. The fourth-order valence-electron chi connectivity index (χ4n) is 2.66. The summed E-state index contributed by atoms with van der Waals surface area (Å²) in [5.41, 5.74) is 6.94. The molecule has 2 N–H and O–H groups in total. The maximum atomic E-state index is 11.7. The molecule has 0 saturated heterocycles. The molecule has 0 amide bonds. The number of ether oxygens (including phenoxy) is 7. The van der Waals surface area contributed by atoms with Gasteiger partial charge < -0.3 is 38.9 Å². The molecule has 0 unspecified atom stereocenters. The molecule has 188 valence electrons. The predicted octanol–water partition coefficient (Wildman–Crippen LogP) is 2.59. The summed E-state index contributed by atoms with van der Waals surface area (Å²) in [5.74, 6) is 0.311. The lowest BCUT2D eigenvalue weighted by Gasteiger charge is -2.09. The van der Waals surface area contributed by atoms with Crippen molar-refractivity contribution < 1.29 is 38.0 Å². The Bertz CT molecular complexity index is 775. The van der Waals surface area contributed by atoms with E-state index in [4.69, 9.17) is 38.9 Å². The van der Waals surface area contributed by atoms with E-state index in [0.717, 1.165) is 0 Å². The zero-order valence-corrected chi connectivity index (χ0v) is 19.5. The van der Waals surface area contributed by atoms with E-state index in [0.29, 0.717) is 89.7 Å². The highest BCUT2D eigenvalue weighted by molar-refractivity contribution is 5.89.